The van der Waals surface area contributed by atoms with Gasteiger partial charge in [-0.1, -0.05) is 43.6 Å². The molecule has 5 heterocycles. The molecule has 1 atom stereocenters. The van der Waals surface area contributed by atoms with Crippen molar-refractivity contribution < 1.29 is 23.9 Å². The predicted molar refractivity (Wildman–Crippen MR) is 240 cm³/mol. The smallest absolute Gasteiger partial charge is 0.263 e. The van der Waals surface area contributed by atoms with Crippen molar-refractivity contribution in [1.82, 2.24) is 30.0 Å². The van der Waals surface area contributed by atoms with Crippen molar-refractivity contribution in [3.63, 3.8) is 0 Å². The highest BCUT2D eigenvalue weighted by molar-refractivity contribution is 6.30. The quantitative estimate of drug-likeness (QED) is 0.116. The number of ether oxygens (including phenoxy) is 1. The molecule has 4 aromatic rings. The van der Waals surface area contributed by atoms with Crippen LogP contribution in [0, 0.1) is 17.2 Å². The molecule has 1 N–H and O–H groups in total. The zero-order chi connectivity index (χ0) is 44.3. The molecule has 8 rings (SSSR count). The number of piperazine rings is 1. The van der Waals surface area contributed by atoms with Crippen LogP contribution >= 0.6 is 11.6 Å². The number of aromatic nitrogens is 2. The molecule has 3 saturated heterocycles. The van der Waals surface area contributed by atoms with Crippen LogP contribution in [0.25, 0.3) is 0 Å². The topological polar surface area (TPSA) is 155 Å². The van der Waals surface area contributed by atoms with Gasteiger partial charge in [0.25, 0.3) is 11.8 Å². The number of hydrogen-bond donors (Lipinski definition) is 1. The first kappa shape index (κ1) is 43.8. The third-order valence-electron chi connectivity index (χ3n) is 13.3. The fourth-order valence-corrected chi connectivity index (χ4v) is 9.71. The maximum Gasteiger partial charge on any atom is 0.263 e. The summed E-state index contributed by atoms with van der Waals surface area (Å²) in [4.78, 5) is 69.8. The van der Waals surface area contributed by atoms with Crippen molar-refractivity contribution in [1.29, 1.82) is 5.26 Å². The molecule has 3 fully saturated rings. The second-order valence-corrected chi connectivity index (χ2v) is 18.1. The van der Waals surface area contributed by atoms with E-state index >= 15 is 0 Å². The van der Waals surface area contributed by atoms with E-state index in [-0.39, 0.29) is 30.1 Å². The fourth-order valence-electron chi connectivity index (χ4n) is 9.47. The lowest BCUT2D eigenvalue weighted by Gasteiger charge is -2.49. The predicted octanol–water partition coefficient (Wildman–Crippen LogP) is 5.67. The molecule has 4 amide bonds. The lowest BCUT2D eigenvalue weighted by Crippen LogP contribution is -2.59. The molecular formula is C48H54ClN9O5. The summed E-state index contributed by atoms with van der Waals surface area (Å²) in [7, 11) is 0. The Morgan fingerprint density at radius 2 is 1.71 bits per heavy atom. The van der Waals surface area contributed by atoms with Gasteiger partial charge in [0, 0.05) is 94.0 Å². The number of likely N-dealkylation sites (tertiary alicyclic amines) is 1. The molecule has 0 radical (unpaired) electrons. The molecule has 1 aromatic heterocycles. The highest BCUT2D eigenvalue weighted by Gasteiger charge is 2.42. The van der Waals surface area contributed by atoms with E-state index in [1.807, 2.05) is 48.7 Å². The molecule has 3 aromatic carbocycles. The molecule has 0 spiro atoms. The van der Waals surface area contributed by atoms with Gasteiger partial charge < -0.3 is 14.5 Å². The standard InChI is InChI=1S/C48H54ClN9O5/c1-32(7-12-43(60)52-31-59)58-45(61)41-5-4-6-42(44(41)46(58)62)55-21-19-54(20-22-55)27-34-28-57(29-34)39-14-17-56(18-15-39)47-51-16-13-38(53-47)30-63-40-10-8-35(9-11-40)48(2,3)36-23-33(26-50)24-37(49)25-36/h4-6,8-11,13,16,23-25,31-32,34,39H,7,12,14-15,17-22,27-30H2,1-3H3,(H,52,59,60). The van der Waals surface area contributed by atoms with E-state index in [0.29, 0.717) is 46.7 Å². The Morgan fingerprint density at radius 3 is 2.43 bits per heavy atom. The van der Waals surface area contributed by atoms with E-state index in [1.165, 1.54) is 4.90 Å². The first-order chi connectivity index (χ1) is 30.4. The summed E-state index contributed by atoms with van der Waals surface area (Å²) in [6.07, 6.45) is 4.61. The number of amides is 4. The normalized spacial score (nSPS) is 18.2. The van der Waals surface area contributed by atoms with Gasteiger partial charge >= 0.3 is 0 Å². The second-order valence-electron chi connectivity index (χ2n) is 17.7. The summed E-state index contributed by atoms with van der Waals surface area (Å²) in [6.45, 7) is 14.7. The number of piperidine rings is 1. The SMILES string of the molecule is CC(CCC(=O)NC=O)N1C(=O)c2cccc(N3CCN(CC4CN(C5CCN(c6nccc(COc7ccc(C(C)(C)c8cc(Cl)cc(C#N)c8)cc7)n6)CC5)C4)CC3)c2C1=O. The lowest BCUT2D eigenvalue weighted by molar-refractivity contribution is -0.125. The summed E-state index contributed by atoms with van der Waals surface area (Å²) in [5.41, 5.74) is 4.72. The van der Waals surface area contributed by atoms with Crippen molar-refractivity contribution in [3.05, 3.63) is 111 Å². The average Bonchev–Trinajstić information content (AvgIpc) is 3.55. The van der Waals surface area contributed by atoms with E-state index in [2.05, 4.69) is 61.9 Å². The molecule has 1 unspecified atom stereocenters. The van der Waals surface area contributed by atoms with Gasteiger partial charge in [0.2, 0.25) is 18.3 Å². The van der Waals surface area contributed by atoms with Gasteiger partial charge in [-0.05, 0) is 91.8 Å². The van der Waals surface area contributed by atoms with Crippen molar-refractivity contribution >= 4 is 47.4 Å². The van der Waals surface area contributed by atoms with Crippen LogP contribution in [0.15, 0.2) is 72.9 Å². The number of rotatable bonds is 15. The maximum absolute atomic E-state index is 13.6. The van der Waals surface area contributed by atoms with Gasteiger partial charge in [0.1, 0.15) is 12.4 Å². The number of benzene rings is 3. The number of halogens is 1. The average molecular weight is 872 g/mol. The summed E-state index contributed by atoms with van der Waals surface area (Å²) in [5.74, 6) is 1.02. The molecule has 4 aliphatic heterocycles. The number of hydrogen-bond acceptors (Lipinski definition) is 12. The first-order valence-corrected chi connectivity index (χ1v) is 22.3. The highest BCUT2D eigenvalue weighted by Crippen LogP contribution is 2.36. The number of carbonyl (C=O) groups is 4. The summed E-state index contributed by atoms with van der Waals surface area (Å²) in [5, 5.41) is 12.1. The zero-order valence-electron chi connectivity index (χ0n) is 36.1. The van der Waals surface area contributed by atoms with Crippen LogP contribution in [0.3, 0.4) is 0 Å². The summed E-state index contributed by atoms with van der Waals surface area (Å²) in [6, 6.07) is 23.2. The number of imide groups is 2. The van der Waals surface area contributed by atoms with Crippen LogP contribution in [0.2, 0.25) is 5.02 Å². The van der Waals surface area contributed by atoms with Crippen molar-refractivity contribution in [2.24, 2.45) is 5.92 Å². The van der Waals surface area contributed by atoms with Crippen LogP contribution < -0.4 is 19.9 Å². The minimum absolute atomic E-state index is 0.0432. The van der Waals surface area contributed by atoms with Crippen LogP contribution in [0.4, 0.5) is 11.6 Å². The monoisotopic (exact) mass is 871 g/mol. The van der Waals surface area contributed by atoms with E-state index < -0.39 is 11.9 Å². The van der Waals surface area contributed by atoms with Crippen molar-refractivity contribution in [2.75, 3.05) is 68.7 Å². The Kier molecular flexibility index (Phi) is 13.1. The number of anilines is 2. The molecule has 63 heavy (non-hydrogen) atoms. The largest absolute Gasteiger partial charge is 0.487 e. The summed E-state index contributed by atoms with van der Waals surface area (Å²) >= 11 is 6.31. The Morgan fingerprint density at radius 1 is 0.968 bits per heavy atom. The van der Waals surface area contributed by atoms with Gasteiger partial charge in [0.15, 0.2) is 0 Å². The molecule has 0 saturated carbocycles. The maximum atomic E-state index is 13.6. The molecular weight excluding hydrogens is 818 g/mol. The minimum Gasteiger partial charge on any atom is -0.487 e. The second kappa shape index (κ2) is 18.8. The lowest BCUT2D eigenvalue weighted by atomic mass is 9.78. The van der Waals surface area contributed by atoms with Crippen LogP contribution in [0.5, 0.6) is 5.75 Å². The van der Waals surface area contributed by atoms with Crippen LogP contribution in [0.1, 0.15) is 89.6 Å². The van der Waals surface area contributed by atoms with Gasteiger partial charge in [-0.2, -0.15) is 5.26 Å². The third-order valence-corrected chi connectivity index (χ3v) is 13.5. The van der Waals surface area contributed by atoms with Gasteiger partial charge in [-0.15, -0.1) is 0 Å². The highest BCUT2D eigenvalue weighted by atomic mass is 35.5. The number of nitrogens with zero attached hydrogens (tertiary/aromatic N) is 8. The van der Waals surface area contributed by atoms with Crippen LogP contribution in [-0.2, 0) is 21.6 Å². The van der Waals surface area contributed by atoms with Crippen molar-refractivity contribution in [3.8, 4) is 11.8 Å². The van der Waals surface area contributed by atoms with Crippen molar-refractivity contribution in [2.45, 2.75) is 70.6 Å². The molecule has 0 bridgehead atoms. The Balaban J connectivity index is 0.760. The Hall–Kier alpha value is -5.88. The van der Waals surface area contributed by atoms with E-state index in [1.54, 1.807) is 19.1 Å². The van der Waals surface area contributed by atoms with Gasteiger partial charge in [0.05, 0.1) is 34.1 Å². The molecule has 14 nitrogen and oxygen atoms in total. The molecule has 328 valence electrons. The van der Waals surface area contributed by atoms with E-state index in [9.17, 15) is 24.4 Å². The van der Waals surface area contributed by atoms with E-state index in [0.717, 1.165) is 106 Å². The zero-order valence-corrected chi connectivity index (χ0v) is 36.9. The van der Waals surface area contributed by atoms with Crippen LogP contribution in [-0.4, -0.2) is 120 Å². The van der Waals surface area contributed by atoms with Gasteiger partial charge in [-0.3, -0.25) is 39.2 Å². The Bertz CT molecular complexity index is 2380. The number of fused-ring (bicyclic) bond motifs is 1. The van der Waals surface area contributed by atoms with E-state index in [4.69, 9.17) is 21.3 Å². The molecule has 15 heteroatoms. The summed E-state index contributed by atoms with van der Waals surface area (Å²) < 4.78 is 6.15. The minimum atomic E-state index is -0.480. The third kappa shape index (κ3) is 9.56. The molecule has 0 aliphatic carbocycles. The molecule has 4 aliphatic rings. The fraction of sp³-hybridized carbons (Fsp3) is 0.438. The van der Waals surface area contributed by atoms with Gasteiger partial charge in [-0.25, -0.2) is 9.97 Å². The number of nitriles is 1. The number of carbonyl (C=O) groups excluding carboxylic acids is 4. The number of nitrogens with one attached hydrogen (secondary N) is 1. The Labute approximate surface area is 373 Å². The first-order valence-electron chi connectivity index (χ1n) is 21.9.